The molecule has 1 amide bonds. The number of fused-ring (bicyclic) bond motifs is 1. The van der Waals surface area contributed by atoms with Crippen molar-refractivity contribution in [1.29, 1.82) is 0 Å². The number of aromatic nitrogens is 4. The van der Waals surface area contributed by atoms with Crippen molar-refractivity contribution in [3.05, 3.63) is 78.8 Å². The molecular weight excluding hydrogens is 370 g/mol. The first-order chi connectivity index (χ1) is 13.7. The smallest absolute Gasteiger partial charge is 0.230 e. The summed E-state index contributed by atoms with van der Waals surface area (Å²) in [5.74, 6) is 0.239. The van der Waals surface area contributed by atoms with Gasteiger partial charge in [0, 0.05) is 0 Å². The summed E-state index contributed by atoms with van der Waals surface area (Å²) in [4.78, 5) is 21.1. The van der Waals surface area contributed by atoms with Gasteiger partial charge in [-0.05, 0) is 24.6 Å². The summed E-state index contributed by atoms with van der Waals surface area (Å²) >= 11 is 1.39. The van der Waals surface area contributed by atoms with Crippen molar-refractivity contribution in [2.75, 3.05) is 5.75 Å². The molecule has 0 fully saturated rings. The molecule has 0 spiro atoms. The van der Waals surface area contributed by atoms with E-state index in [-0.39, 0.29) is 17.7 Å². The molecule has 0 aliphatic rings. The summed E-state index contributed by atoms with van der Waals surface area (Å²) < 4.78 is 1.78. The number of rotatable bonds is 6. The van der Waals surface area contributed by atoms with Crippen LogP contribution in [0, 0.1) is 0 Å². The zero-order valence-electron chi connectivity index (χ0n) is 15.3. The van der Waals surface area contributed by atoms with Gasteiger partial charge in [0.2, 0.25) is 5.91 Å². The second-order valence-corrected chi connectivity index (χ2v) is 7.26. The Morgan fingerprint density at radius 3 is 2.54 bits per heavy atom. The first-order valence-electron chi connectivity index (χ1n) is 8.93. The average Bonchev–Trinajstić information content (AvgIpc) is 3.18. The Labute approximate surface area is 167 Å². The average molecular weight is 389 g/mol. The number of carbonyl (C=O) groups excluding carboxylic acids is 1. The summed E-state index contributed by atoms with van der Waals surface area (Å²) in [6, 6.07) is 19.7. The van der Waals surface area contributed by atoms with Gasteiger partial charge in [-0.15, -0.1) is 0 Å². The molecule has 1 N–H and O–H groups in total. The van der Waals surface area contributed by atoms with E-state index in [0.29, 0.717) is 0 Å². The van der Waals surface area contributed by atoms with Crippen molar-refractivity contribution >= 4 is 28.7 Å². The summed E-state index contributed by atoms with van der Waals surface area (Å²) in [7, 11) is 0. The lowest BCUT2D eigenvalue weighted by molar-refractivity contribution is -0.119. The van der Waals surface area contributed by atoms with Crippen LogP contribution in [0.3, 0.4) is 0 Å². The van der Waals surface area contributed by atoms with Gasteiger partial charge in [0.25, 0.3) is 0 Å². The van der Waals surface area contributed by atoms with E-state index in [1.54, 1.807) is 10.9 Å². The van der Waals surface area contributed by atoms with Gasteiger partial charge in [0.15, 0.2) is 5.65 Å². The Balaban J connectivity index is 1.47. The highest BCUT2D eigenvalue weighted by Gasteiger charge is 2.14. The Morgan fingerprint density at radius 1 is 1.07 bits per heavy atom. The van der Waals surface area contributed by atoms with E-state index >= 15 is 0 Å². The maximum atomic E-state index is 12.4. The third-order valence-corrected chi connectivity index (χ3v) is 5.35. The van der Waals surface area contributed by atoms with Crippen LogP contribution in [-0.4, -0.2) is 31.4 Å². The van der Waals surface area contributed by atoms with Crippen molar-refractivity contribution < 1.29 is 4.79 Å². The second kappa shape index (κ2) is 8.22. The molecule has 0 aliphatic heterocycles. The van der Waals surface area contributed by atoms with E-state index in [9.17, 15) is 4.79 Å². The number of hydrogen-bond acceptors (Lipinski definition) is 5. The highest BCUT2D eigenvalue weighted by molar-refractivity contribution is 8.00. The molecule has 0 saturated heterocycles. The number of hydrogen-bond donors (Lipinski definition) is 1. The molecule has 4 rings (SSSR count). The zero-order valence-corrected chi connectivity index (χ0v) is 16.1. The number of nitrogens with one attached hydrogen (secondary N) is 1. The topological polar surface area (TPSA) is 72.7 Å². The number of carbonyl (C=O) groups is 1. The van der Waals surface area contributed by atoms with Gasteiger partial charge in [-0.1, -0.05) is 60.3 Å². The van der Waals surface area contributed by atoms with Gasteiger partial charge >= 0.3 is 0 Å². The predicted octanol–water partition coefficient (Wildman–Crippen LogP) is 3.79. The molecule has 0 aliphatic carbocycles. The van der Waals surface area contributed by atoms with Crippen molar-refractivity contribution in [1.82, 2.24) is 25.1 Å². The van der Waals surface area contributed by atoms with Crippen LogP contribution in [0.2, 0.25) is 0 Å². The van der Waals surface area contributed by atoms with Crippen LogP contribution < -0.4 is 5.32 Å². The Kier molecular flexibility index (Phi) is 5.34. The third kappa shape index (κ3) is 3.89. The Hall–Kier alpha value is -3.19. The predicted molar refractivity (Wildman–Crippen MR) is 110 cm³/mol. The fourth-order valence-corrected chi connectivity index (χ4v) is 3.71. The van der Waals surface area contributed by atoms with Crippen molar-refractivity contribution in [3.63, 3.8) is 0 Å². The van der Waals surface area contributed by atoms with E-state index in [4.69, 9.17) is 0 Å². The van der Waals surface area contributed by atoms with E-state index in [0.717, 1.165) is 27.3 Å². The zero-order chi connectivity index (χ0) is 19.3. The minimum atomic E-state index is -0.0412. The molecule has 4 aromatic rings. The summed E-state index contributed by atoms with van der Waals surface area (Å²) in [5.41, 5.74) is 2.73. The van der Waals surface area contributed by atoms with Gasteiger partial charge in [0.1, 0.15) is 11.4 Å². The molecular formula is C21H19N5OS. The molecule has 1 atom stereocenters. The number of nitrogens with zero attached hydrogens (tertiary/aromatic N) is 4. The lowest BCUT2D eigenvalue weighted by atomic mass is 10.1. The normalized spacial score (nSPS) is 12.0. The van der Waals surface area contributed by atoms with Crippen LogP contribution in [0.1, 0.15) is 18.5 Å². The first kappa shape index (κ1) is 18.2. The molecule has 2 aromatic heterocycles. The van der Waals surface area contributed by atoms with Gasteiger partial charge in [-0.3, -0.25) is 4.79 Å². The van der Waals surface area contributed by atoms with Gasteiger partial charge in [-0.25, -0.2) is 14.6 Å². The third-order valence-electron chi connectivity index (χ3n) is 4.35. The number of amides is 1. The van der Waals surface area contributed by atoms with Gasteiger partial charge < -0.3 is 5.32 Å². The van der Waals surface area contributed by atoms with Crippen molar-refractivity contribution in [2.45, 2.75) is 18.0 Å². The fraction of sp³-hybridized carbons (Fsp3) is 0.143. The monoisotopic (exact) mass is 389 g/mol. The van der Waals surface area contributed by atoms with Crippen LogP contribution in [0.5, 0.6) is 0 Å². The van der Waals surface area contributed by atoms with Gasteiger partial charge in [-0.2, -0.15) is 5.10 Å². The molecule has 0 unspecified atom stereocenters. The van der Waals surface area contributed by atoms with Crippen molar-refractivity contribution in [2.24, 2.45) is 0 Å². The lowest BCUT2D eigenvalue weighted by Crippen LogP contribution is -2.28. The van der Waals surface area contributed by atoms with Crippen LogP contribution in [-0.2, 0) is 4.79 Å². The molecule has 0 saturated carbocycles. The molecule has 7 heteroatoms. The summed E-state index contributed by atoms with van der Waals surface area (Å²) in [5, 5.41) is 9.04. The molecule has 2 heterocycles. The van der Waals surface area contributed by atoms with E-state index < -0.39 is 0 Å². The fourth-order valence-electron chi connectivity index (χ4n) is 2.94. The largest absolute Gasteiger partial charge is 0.349 e. The number of para-hydroxylation sites is 1. The van der Waals surface area contributed by atoms with Crippen LogP contribution >= 0.6 is 11.8 Å². The van der Waals surface area contributed by atoms with Gasteiger partial charge in [0.05, 0.1) is 29.1 Å². The van der Waals surface area contributed by atoms with E-state index in [1.807, 2.05) is 67.6 Å². The van der Waals surface area contributed by atoms with Crippen molar-refractivity contribution in [3.8, 4) is 5.69 Å². The Bertz CT molecular complexity index is 1080. The minimum absolute atomic E-state index is 0.0384. The van der Waals surface area contributed by atoms with E-state index in [2.05, 4.69) is 20.4 Å². The SMILES string of the molecule is C[C@H](NC(=O)CSc1ncnc2c1cnn2-c1ccccc1)c1ccccc1. The standard InChI is InChI=1S/C21H19N5OS/c1-15(16-8-4-2-5-9-16)25-19(27)13-28-21-18-12-24-26(20(18)22-14-23-21)17-10-6-3-7-11-17/h2-12,14-15H,13H2,1H3,(H,25,27)/t15-/m0/s1. The lowest BCUT2D eigenvalue weighted by Gasteiger charge is -2.14. The molecule has 2 aromatic carbocycles. The molecule has 6 nitrogen and oxygen atoms in total. The molecule has 0 radical (unpaired) electrons. The highest BCUT2D eigenvalue weighted by atomic mass is 32.2. The Morgan fingerprint density at radius 2 is 1.79 bits per heavy atom. The molecule has 0 bridgehead atoms. The minimum Gasteiger partial charge on any atom is -0.349 e. The van der Waals surface area contributed by atoms with Crippen LogP contribution in [0.25, 0.3) is 16.7 Å². The maximum Gasteiger partial charge on any atom is 0.230 e. The first-order valence-corrected chi connectivity index (χ1v) is 9.92. The molecule has 140 valence electrons. The summed E-state index contributed by atoms with van der Waals surface area (Å²) in [6.45, 7) is 1.98. The number of thioether (sulfide) groups is 1. The quantitative estimate of drug-likeness (QED) is 0.401. The second-order valence-electron chi connectivity index (χ2n) is 6.30. The van der Waals surface area contributed by atoms with Crippen LogP contribution in [0.15, 0.2) is 78.2 Å². The maximum absolute atomic E-state index is 12.4. The highest BCUT2D eigenvalue weighted by Crippen LogP contribution is 2.25. The van der Waals surface area contributed by atoms with E-state index in [1.165, 1.54) is 18.1 Å². The number of benzene rings is 2. The summed E-state index contributed by atoms with van der Waals surface area (Å²) in [6.07, 6.45) is 3.26. The van der Waals surface area contributed by atoms with Crippen LogP contribution in [0.4, 0.5) is 0 Å². The molecule has 28 heavy (non-hydrogen) atoms.